The SMILES string of the molecule is CCCC/C=C\CCCCCCCC(=O)OC[C@H](COC(=O)CCCCCCCCCCCCCCC)OC(=O)CCCCCCCCCCCCCC. The molecule has 0 aliphatic carbocycles. The van der Waals surface area contributed by atoms with Gasteiger partial charge in [0.2, 0.25) is 0 Å². The van der Waals surface area contributed by atoms with Crippen molar-refractivity contribution < 1.29 is 28.6 Å². The van der Waals surface area contributed by atoms with Crippen LogP contribution in [0.3, 0.4) is 0 Å². The van der Waals surface area contributed by atoms with Crippen molar-refractivity contribution in [2.24, 2.45) is 0 Å². The number of allylic oxidation sites excluding steroid dienone is 2. The van der Waals surface area contributed by atoms with Crippen LogP contribution in [0.5, 0.6) is 0 Å². The maximum absolute atomic E-state index is 12.7. The highest BCUT2D eigenvalue weighted by atomic mass is 16.6. The number of carbonyl (C=O) groups is 3. The summed E-state index contributed by atoms with van der Waals surface area (Å²) in [5, 5.41) is 0. The quantitative estimate of drug-likeness (QED) is 0.0266. The van der Waals surface area contributed by atoms with E-state index in [4.69, 9.17) is 14.2 Å². The number of hydrogen-bond donors (Lipinski definition) is 0. The normalized spacial score (nSPS) is 12.0. The lowest BCUT2D eigenvalue weighted by molar-refractivity contribution is -0.167. The van der Waals surface area contributed by atoms with E-state index in [2.05, 4.69) is 32.9 Å². The number of unbranched alkanes of at least 4 members (excludes halogenated alkanes) is 30. The van der Waals surface area contributed by atoms with Gasteiger partial charge in [0.1, 0.15) is 13.2 Å². The van der Waals surface area contributed by atoms with Crippen LogP contribution in [-0.4, -0.2) is 37.2 Å². The predicted molar refractivity (Wildman–Crippen MR) is 229 cm³/mol. The Balaban J connectivity index is 4.34. The summed E-state index contributed by atoms with van der Waals surface area (Å²) < 4.78 is 16.7. The Morgan fingerprint density at radius 3 is 0.981 bits per heavy atom. The summed E-state index contributed by atoms with van der Waals surface area (Å²) in [7, 11) is 0. The van der Waals surface area contributed by atoms with Gasteiger partial charge in [-0.15, -0.1) is 0 Å². The monoisotopic (exact) mass is 763 g/mol. The highest BCUT2D eigenvalue weighted by Gasteiger charge is 2.19. The van der Waals surface area contributed by atoms with Crippen LogP contribution in [0.2, 0.25) is 0 Å². The van der Waals surface area contributed by atoms with Gasteiger partial charge in [-0.1, -0.05) is 213 Å². The molecule has 0 saturated carbocycles. The van der Waals surface area contributed by atoms with Crippen LogP contribution < -0.4 is 0 Å². The molecule has 0 aromatic carbocycles. The fraction of sp³-hybridized carbons (Fsp3) is 0.896. The molecule has 0 spiro atoms. The van der Waals surface area contributed by atoms with Crippen LogP contribution in [-0.2, 0) is 28.6 Å². The molecule has 0 aromatic rings. The van der Waals surface area contributed by atoms with E-state index in [-0.39, 0.29) is 31.1 Å². The third kappa shape index (κ3) is 41.3. The molecule has 0 fully saturated rings. The minimum absolute atomic E-state index is 0.0678. The summed E-state index contributed by atoms with van der Waals surface area (Å²) in [6.45, 7) is 6.60. The van der Waals surface area contributed by atoms with E-state index in [9.17, 15) is 14.4 Å². The first kappa shape index (κ1) is 52.2. The Labute approximate surface area is 335 Å². The maximum Gasteiger partial charge on any atom is 0.306 e. The van der Waals surface area contributed by atoms with Gasteiger partial charge in [-0.2, -0.15) is 0 Å². The molecule has 318 valence electrons. The lowest BCUT2D eigenvalue weighted by Crippen LogP contribution is -2.30. The third-order valence-electron chi connectivity index (χ3n) is 10.5. The van der Waals surface area contributed by atoms with Crippen molar-refractivity contribution in [1.82, 2.24) is 0 Å². The highest BCUT2D eigenvalue weighted by molar-refractivity contribution is 5.71. The summed E-state index contributed by atoms with van der Waals surface area (Å²) in [6.07, 6.45) is 46.1. The molecule has 0 aromatic heterocycles. The first-order valence-corrected chi connectivity index (χ1v) is 23.7. The molecule has 0 heterocycles. The minimum Gasteiger partial charge on any atom is -0.462 e. The molecule has 0 unspecified atom stereocenters. The van der Waals surface area contributed by atoms with E-state index >= 15 is 0 Å². The molecule has 6 heteroatoms. The standard InChI is InChI=1S/C48H90O6/c1-4-7-10-13-16-19-22-24-27-29-32-35-38-41-47(50)53-44-45(43-52-46(49)40-37-34-31-28-25-21-18-15-12-9-6-3)54-48(51)42-39-36-33-30-26-23-20-17-14-11-8-5-2/h15,18,45H,4-14,16-17,19-44H2,1-3H3/b18-15-/t45-/m1/s1. The zero-order chi connectivity index (χ0) is 39.4. The van der Waals surface area contributed by atoms with Gasteiger partial charge in [0.25, 0.3) is 0 Å². The highest BCUT2D eigenvalue weighted by Crippen LogP contribution is 2.15. The van der Waals surface area contributed by atoms with Crippen molar-refractivity contribution in [1.29, 1.82) is 0 Å². The zero-order valence-electron chi connectivity index (χ0n) is 36.3. The summed E-state index contributed by atoms with van der Waals surface area (Å²) in [5.74, 6) is -0.868. The summed E-state index contributed by atoms with van der Waals surface area (Å²) in [6, 6.07) is 0. The summed E-state index contributed by atoms with van der Waals surface area (Å²) >= 11 is 0. The first-order chi connectivity index (χ1) is 26.5. The summed E-state index contributed by atoms with van der Waals surface area (Å²) in [4.78, 5) is 37.7. The van der Waals surface area contributed by atoms with Gasteiger partial charge >= 0.3 is 17.9 Å². The molecule has 0 amide bonds. The Morgan fingerprint density at radius 2 is 0.630 bits per heavy atom. The fourth-order valence-electron chi connectivity index (χ4n) is 6.89. The van der Waals surface area contributed by atoms with Crippen LogP contribution in [0.25, 0.3) is 0 Å². The van der Waals surface area contributed by atoms with Gasteiger partial charge in [-0.25, -0.2) is 0 Å². The molecule has 0 saturated heterocycles. The Bertz CT molecular complexity index is 839. The van der Waals surface area contributed by atoms with E-state index in [1.165, 1.54) is 154 Å². The van der Waals surface area contributed by atoms with E-state index in [1.807, 2.05) is 0 Å². The molecule has 0 radical (unpaired) electrons. The number of carbonyl (C=O) groups excluding carboxylic acids is 3. The number of esters is 3. The lowest BCUT2D eigenvalue weighted by Gasteiger charge is -2.18. The predicted octanol–water partition coefficient (Wildman–Crippen LogP) is 15.0. The van der Waals surface area contributed by atoms with Crippen molar-refractivity contribution in [2.75, 3.05) is 13.2 Å². The zero-order valence-corrected chi connectivity index (χ0v) is 36.3. The van der Waals surface area contributed by atoms with Crippen LogP contribution >= 0.6 is 0 Å². The van der Waals surface area contributed by atoms with Crippen molar-refractivity contribution in [3.05, 3.63) is 12.2 Å². The Morgan fingerprint density at radius 1 is 0.352 bits per heavy atom. The fourth-order valence-corrected chi connectivity index (χ4v) is 6.89. The molecule has 0 bridgehead atoms. The van der Waals surface area contributed by atoms with Gasteiger partial charge in [0.15, 0.2) is 6.10 Å². The first-order valence-electron chi connectivity index (χ1n) is 23.7. The van der Waals surface area contributed by atoms with Gasteiger partial charge in [0.05, 0.1) is 0 Å². The van der Waals surface area contributed by atoms with Crippen LogP contribution in [0.4, 0.5) is 0 Å². The van der Waals surface area contributed by atoms with Crippen LogP contribution in [0.1, 0.15) is 258 Å². The minimum atomic E-state index is -0.764. The average Bonchev–Trinajstić information content (AvgIpc) is 3.17. The van der Waals surface area contributed by atoms with Crippen molar-refractivity contribution in [2.45, 2.75) is 264 Å². The topological polar surface area (TPSA) is 78.9 Å². The molecule has 6 nitrogen and oxygen atoms in total. The second-order valence-corrected chi connectivity index (χ2v) is 16.0. The molecular weight excluding hydrogens is 673 g/mol. The van der Waals surface area contributed by atoms with Crippen molar-refractivity contribution >= 4 is 17.9 Å². The molecule has 0 aliphatic heterocycles. The molecular formula is C48H90O6. The Kier molecular flexibility index (Phi) is 42.4. The lowest BCUT2D eigenvalue weighted by atomic mass is 10.0. The second-order valence-electron chi connectivity index (χ2n) is 16.0. The number of hydrogen-bond acceptors (Lipinski definition) is 6. The molecule has 1 atom stereocenters. The third-order valence-corrected chi connectivity index (χ3v) is 10.5. The van der Waals surface area contributed by atoms with Gasteiger partial charge in [-0.3, -0.25) is 14.4 Å². The molecule has 0 N–H and O–H groups in total. The second kappa shape index (κ2) is 43.9. The van der Waals surface area contributed by atoms with Crippen molar-refractivity contribution in [3.8, 4) is 0 Å². The Hall–Kier alpha value is -1.85. The molecule has 0 rings (SSSR count). The van der Waals surface area contributed by atoms with Crippen molar-refractivity contribution in [3.63, 3.8) is 0 Å². The average molecular weight is 763 g/mol. The number of ether oxygens (including phenoxy) is 3. The van der Waals surface area contributed by atoms with Gasteiger partial charge in [0, 0.05) is 19.3 Å². The van der Waals surface area contributed by atoms with Gasteiger partial charge in [-0.05, 0) is 38.5 Å². The van der Waals surface area contributed by atoms with Gasteiger partial charge < -0.3 is 14.2 Å². The van der Waals surface area contributed by atoms with E-state index in [0.29, 0.717) is 19.3 Å². The van der Waals surface area contributed by atoms with Crippen LogP contribution in [0.15, 0.2) is 12.2 Å². The largest absolute Gasteiger partial charge is 0.462 e. The molecule has 0 aliphatic rings. The summed E-state index contributed by atoms with van der Waals surface area (Å²) in [5.41, 5.74) is 0. The van der Waals surface area contributed by atoms with E-state index in [0.717, 1.165) is 64.2 Å². The number of rotatable bonds is 43. The van der Waals surface area contributed by atoms with Crippen LogP contribution in [0, 0.1) is 0 Å². The smallest absolute Gasteiger partial charge is 0.306 e. The van der Waals surface area contributed by atoms with E-state index in [1.54, 1.807) is 0 Å². The van der Waals surface area contributed by atoms with E-state index < -0.39 is 6.10 Å². The molecule has 54 heavy (non-hydrogen) atoms. The maximum atomic E-state index is 12.7.